The van der Waals surface area contributed by atoms with Crippen molar-refractivity contribution < 1.29 is 14.6 Å². The number of nitrogens with zero attached hydrogens (tertiary/aromatic N) is 3. The Hall–Kier alpha value is -3.23. The Morgan fingerprint density at radius 2 is 1.86 bits per heavy atom. The van der Waals surface area contributed by atoms with Crippen LogP contribution in [0.2, 0.25) is 0 Å². The standard InChI is InChI=1S/C12H10N4O5/c1-7-3-2-4-9(11(7)16(19)20)21-12-8(15(17)18)5-6-10(13)14-12/h2-6H,1H3,(H2,13,14). The van der Waals surface area contributed by atoms with E-state index in [0.29, 0.717) is 5.56 Å². The van der Waals surface area contributed by atoms with E-state index in [-0.39, 0.29) is 17.3 Å². The highest BCUT2D eigenvalue weighted by Crippen LogP contribution is 2.36. The lowest BCUT2D eigenvalue weighted by Crippen LogP contribution is -2.01. The fourth-order valence-electron chi connectivity index (χ4n) is 1.71. The van der Waals surface area contributed by atoms with Crippen LogP contribution in [0.4, 0.5) is 17.2 Å². The molecule has 2 N–H and O–H groups in total. The second-order valence-electron chi connectivity index (χ2n) is 4.10. The zero-order valence-electron chi connectivity index (χ0n) is 10.8. The summed E-state index contributed by atoms with van der Waals surface area (Å²) < 4.78 is 5.25. The Labute approximate surface area is 118 Å². The van der Waals surface area contributed by atoms with Crippen LogP contribution in [0.25, 0.3) is 0 Å². The molecule has 0 aliphatic carbocycles. The van der Waals surface area contributed by atoms with Gasteiger partial charge in [-0.3, -0.25) is 20.2 Å². The molecule has 0 amide bonds. The lowest BCUT2D eigenvalue weighted by molar-refractivity contribution is -0.388. The van der Waals surface area contributed by atoms with Crippen molar-refractivity contribution in [2.75, 3.05) is 5.73 Å². The van der Waals surface area contributed by atoms with Gasteiger partial charge in [-0.1, -0.05) is 12.1 Å². The first-order valence-electron chi connectivity index (χ1n) is 5.73. The van der Waals surface area contributed by atoms with Crippen LogP contribution >= 0.6 is 0 Å². The molecule has 0 saturated carbocycles. The molecule has 0 atom stereocenters. The highest BCUT2D eigenvalue weighted by molar-refractivity contribution is 5.56. The van der Waals surface area contributed by atoms with Crippen LogP contribution < -0.4 is 10.5 Å². The number of rotatable bonds is 4. The third-order valence-corrected chi connectivity index (χ3v) is 2.65. The number of benzene rings is 1. The van der Waals surface area contributed by atoms with Crippen molar-refractivity contribution in [2.45, 2.75) is 6.92 Å². The van der Waals surface area contributed by atoms with E-state index in [4.69, 9.17) is 10.5 Å². The summed E-state index contributed by atoms with van der Waals surface area (Å²) >= 11 is 0. The average molecular weight is 290 g/mol. The lowest BCUT2D eigenvalue weighted by atomic mass is 10.2. The molecule has 0 aliphatic heterocycles. The van der Waals surface area contributed by atoms with Gasteiger partial charge in [-0.15, -0.1) is 0 Å². The van der Waals surface area contributed by atoms with E-state index < -0.39 is 21.4 Å². The fraction of sp³-hybridized carbons (Fsp3) is 0.0833. The smallest absolute Gasteiger partial charge is 0.331 e. The molecule has 0 spiro atoms. The van der Waals surface area contributed by atoms with Gasteiger partial charge < -0.3 is 10.5 Å². The summed E-state index contributed by atoms with van der Waals surface area (Å²) in [5, 5.41) is 22.0. The summed E-state index contributed by atoms with van der Waals surface area (Å²) in [7, 11) is 0. The van der Waals surface area contributed by atoms with Crippen molar-refractivity contribution >= 4 is 17.2 Å². The molecular weight excluding hydrogens is 280 g/mol. The molecule has 0 fully saturated rings. The van der Waals surface area contributed by atoms with E-state index in [1.54, 1.807) is 0 Å². The number of pyridine rings is 1. The number of nitrogen functional groups attached to an aromatic ring is 1. The third-order valence-electron chi connectivity index (χ3n) is 2.65. The molecule has 1 aromatic heterocycles. The molecule has 0 unspecified atom stereocenters. The summed E-state index contributed by atoms with van der Waals surface area (Å²) in [6.07, 6.45) is 0. The van der Waals surface area contributed by atoms with Crippen LogP contribution in [-0.4, -0.2) is 14.8 Å². The van der Waals surface area contributed by atoms with E-state index in [2.05, 4.69) is 4.98 Å². The van der Waals surface area contributed by atoms with Crippen LogP contribution in [0.15, 0.2) is 30.3 Å². The highest BCUT2D eigenvalue weighted by Gasteiger charge is 2.24. The number of hydrogen-bond acceptors (Lipinski definition) is 7. The number of ether oxygens (including phenoxy) is 1. The molecular formula is C12H10N4O5. The Balaban J connectivity index is 2.53. The minimum atomic E-state index is -0.705. The van der Waals surface area contributed by atoms with E-state index in [9.17, 15) is 20.2 Å². The Kier molecular flexibility index (Phi) is 3.65. The van der Waals surface area contributed by atoms with Crippen molar-refractivity contribution in [3.05, 3.63) is 56.1 Å². The lowest BCUT2D eigenvalue weighted by Gasteiger charge is -2.07. The highest BCUT2D eigenvalue weighted by atomic mass is 16.6. The first-order chi connectivity index (χ1) is 9.90. The maximum Gasteiger partial charge on any atom is 0.331 e. The average Bonchev–Trinajstić information content (AvgIpc) is 2.37. The van der Waals surface area contributed by atoms with Gasteiger partial charge in [0.05, 0.1) is 9.85 Å². The molecule has 9 nitrogen and oxygen atoms in total. The van der Waals surface area contributed by atoms with E-state index in [0.717, 1.165) is 6.07 Å². The number of hydrogen-bond donors (Lipinski definition) is 1. The third kappa shape index (κ3) is 2.86. The number of para-hydroxylation sites is 1. The Morgan fingerprint density at radius 3 is 2.48 bits per heavy atom. The van der Waals surface area contributed by atoms with Crippen molar-refractivity contribution in [3.63, 3.8) is 0 Å². The summed E-state index contributed by atoms with van der Waals surface area (Å²) in [6, 6.07) is 6.77. The SMILES string of the molecule is Cc1cccc(Oc2nc(N)ccc2[N+](=O)[O-])c1[N+](=O)[O-]. The molecule has 2 rings (SSSR count). The second-order valence-corrected chi connectivity index (χ2v) is 4.10. The minimum absolute atomic E-state index is 0.00547. The maximum atomic E-state index is 11.1. The van der Waals surface area contributed by atoms with Crippen LogP contribution in [0.3, 0.4) is 0 Å². The van der Waals surface area contributed by atoms with Crippen LogP contribution in [-0.2, 0) is 0 Å². The molecule has 1 aromatic carbocycles. The van der Waals surface area contributed by atoms with Crippen molar-refractivity contribution in [2.24, 2.45) is 0 Å². The number of aromatic nitrogens is 1. The zero-order chi connectivity index (χ0) is 15.6. The number of nitro groups is 2. The van der Waals surface area contributed by atoms with Gasteiger partial charge in [-0.05, 0) is 19.1 Å². The monoisotopic (exact) mass is 290 g/mol. The molecule has 0 saturated heterocycles. The van der Waals surface area contributed by atoms with E-state index in [1.165, 1.54) is 31.2 Å². The maximum absolute atomic E-state index is 11.1. The van der Waals surface area contributed by atoms with Crippen molar-refractivity contribution in [1.29, 1.82) is 0 Å². The molecule has 9 heteroatoms. The second kappa shape index (κ2) is 5.41. The van der Waals surface area contributed by atoms with Crippen LogP contribution in [0.5, 0.6) is 11.6 Å². The summed E-state index contributed by atoms with van der Waals surface area (Å²) in [4.78, 5) is 24.4. The minimum Gasteiger partial charge on any atom is -0.426 e. The molecule has 21 heavy (non-hydrogen) atoms. The molecule has 1 heterocycles. The predicted molar refractivity (Wildman–Crippen MR) is 73.2 cm³/mol. The van der Waals surface area contributed by atoms with Gasteiger partial charge in [0.1, 0.15) is 5.82 Å². The largest absolute Gasteiger partial charge is 0.426 e. The molecule has 2 aromatic rings. The van der Waals surface area contributed by atoms with E-state index >= 15 is 0 Å². The van der Waals surface area contributed by atoms with Gasteiger partial charge in [0.25, 0.3) is 0 Å². The zero-order valence-corrected chi connectivity index (χ0v) is 10.8. The Bertz CT molecular complexity index is 732. The number of aryl methyl sites for hydroxylation is 1. The van der Waals surface area contributed by atoms with Gasteiger partial charge >= 0.3 is 17.3 Å². The van der Waals surface area contributed by atoms with Crippen molar-refractivity contribution in [1.82, 2.24) is 4.98 Å². The first-order valence-corrected chi connectivity index (χ1v) is 5.73. The molecule has 0 radical (unpaired) electrons. The first kappa shape index (κ1) is 14.2. The number of nitro benzene ring substituents is 1. The van der Waals surface area contributed by atoms with Crippen molar-refractivity contribution in [3.8, 4) is 11.6 Å². The molecule has 0 bridgehead atoms. The fourth-order valence-corrected chi connectivity index (χ4v) is 1.71. The number of nitrogens with two attached hydrogens (primary N) is 1. The van der Waals surface area contributed by atoms with Gasteiger partial charge in [0.2, 0.25) is 5.75 Å². The summed E-state index contributed by atoms with van der Waals surface area (Å²) in [5.41, 5.74) is 5.11. The summed E-state index contributed by atoms with van der Waals surface area (Å²) in [6.45, 7) is 1.53. The van der Waals surface area contributed by atoms with E-state index in [1.807, 2.05) is 0 Å². The quantitative estimate of drug-likeness (QED) is 0.675. The van der Waals surface area contributed by atoms with Gasteiger partial charge in [-0.2, -0.15) is 4.98 Å². The van der Waals surface area contributed by atoms with Gasteiger partial charge in [-0.25, -0.2) is 0 Å². The molecule has 108 valence electrons. The predicted octanol–water partition coefficient (Wildman–Crippen LogP) is 2.58. The van der Waals surface area contributed by atoms with Gasteiger partial charge in [0, 0.05) is 11.6 Å². The summed E-state index contributed by atoms with van der Waals surface area (Å²) in [5.74, 6) is -0.527. The normalized spacial score (nSPS) is 10.1. The van der Waals surface area contributed by atoms with Crippen LogP contribution in [0, 0.1) is 27.2 Å². The van der Waals surface area contributed by atoms with Crippen LogP contribution in [0.1, 0.15) is 5.56 Å². The Morgan fingerprint density at radius 1 is 1.14 bits per heavy atom. The molecule has 0 aliphatic rings. The topological polar surface area (TPSA) is 134 Å². The van der Waals surface area contributed by atoms with Gasteiger partial charge in [0.15, 0.2) is 0 Å². The number of anilines is 1.